The number of nitrogens with zero attached hydrogens (tertiary/aromatic N) is 3. The summed E-state index contributed by atoms with van der Waals surface area (Å²) in [6, 6.07) is 20.3. The number of nitrogens with one attached hydrogen (secondary N) is 1. The van der Waals surface area contributed by atoms with Crippen LogP contribution in [-0.2, 0) is 11.3 Å². The smallest absolute Gasteiger partial charge is 0.410 e. The summed E-state index contributed by atoms with van der Waals surface area (Å²) in [6.45, 7) is 7.48. The normalized spacial score (nSPS) is 14.8. The molecule has 2 heterocycles. The van der Waals surface area contributed by atoms with Gasteiger partial charge in [0.25, 0.3) is 5.91 Å². The Hall–Kier alpha value is -4.14. The van der Waals surface area contributed by atoms with E-state index in [4.69, 9.17) is 33.0 Å². The molecule has 0 saturated carbocycles. The molecule has 0 radical (unpaired) electrons. The first-order chi connectivity index (χ1) is 20.4. The van der Waals surface area contributed by atoms with Crippen LogP contribution in [0.1, 0.15) is 66.6 Å². The number of benzene rings is 3. The minimum Gasteiger partial charge on any atom is -0.444 e. The third-order valence-corrected chi connectivity index (χ3v) is 7.40. The average Bonchev–Trinajstić information content (AvgIpc) is 3.33. The van der Waals surface area contributed by atoms with Crippen molar-refractivity contribution in [2.45, 2.75) is 45.9 Å². The van der Waals surface area contributed by atoms with Gasteiger partial charge in [0.05, 0.1) is 35.5 Å². The second-order valence-corrected chi connectivity index (χ2v) is 12.2. The molecular weight excluding hydrogens is 590 g/mol. The van der Waals surface area contributed by atoms with E-state index in [2.05, 4.69) is 5.32 Å². The molecule has 10 heteroatoms. The fourth-order valence-electron chi connectivity index (χ4n) is 4.89. The van der Waals surface area contributed by atoms with E-state index in [1.807, 2.05) is 43.3 Å². The Labute approximate surface area is 259 Å². The van der Waals surface area contributed by atoms with E-state index in [9.17, 15) is 14.0 Å². The largest absolute Gasteiger partial charge is 0.444 e. The molecule has 0 saturated heterocycles. The van der Waals surface area contributed by atoms with Crippen molar-refractivity contribution < 1.29 is 18.7 Å². The van der Waals surface area contributed by atoms with E-state index < -0.39 is 17.6 Å². The van der Waals surface area contributed by atoms with Gasteiger partial charge < -0.3 is 10.1 Å². The van der Waals surface area contributed by atoms with Gasteiger partial charge in [-0.3, -0.25) is 9.69 Å². The van der Waals surface area contributed by atoms with E-state index in [0.29, 0.717) is 38.1 Å². The van der Waals surface area contributed by atoms with E-state index in [1.54, 1.807) is 55.8 Å². The quantitative estimate of drug-likeness (QED) is 0.244. The van der Waals surface area contributed by atoms with Gasteiger partial charge in [-0.05, 0) is 80.8 Å². The third kappa shape index (κ3) is 6.92. The van der Waals surface area contributed by atoms with Crippen molar-refractivity contribution in [1.82, 2.24) is 20.0 Å². The van der Waals surface area contributed by atoms with Crippen LogP contribution in [0.25, 0.3) is 17.3 Å². The Bertz CT molecular complexity index is 1700. The zero-order valence-electron chi connectivity index (χ0n) is 24.2. The highest BCUT2D eigenvalue weighted by Gasteiger charge is 2.35. The number of ether oxygens (including phenoxy) is 1. The summed E-state index contributed by atoms with van der Waals surface area (Å²) in [5.41, 5.74) is 3.33. The molecule has 222 valence electrons. The molecule has 5 rings (SSSR count). The molecule has 1 aromatic heterocycles. The number of carbonyl (C=O) groups excluding carboxylic acids is 2. The summed E-state index contributed by atoms with van der Waals surface area (Å²) in [5, 5.41) is 8.59. The Morgan fingerprint density at radius 2 is 1.72 bits per heavy atom. The van der Waals surface area contributed by atoms with Crippen molar-refractivity contribution in [3.05, 3.63) is 117 Å². The molecule has 3 aromatic carbocycles. The lowest BCUT2D eigenvalue weighted by Gasteiger charge is -2.32. The van der Waals surface area contributed by atoms with Crippen molar-refractivity contribution in [2.75, 3.05) is 6.54 Å². The Kier molecular flexibility index (Phi) is 8.62. The van der Waals surface area contributed by atoms with Crippen LogP contribution in [0.15, 0.2) is 72.8 Å². The van der Waals surface area contributed by atoms with Gasteiger partial charge in [-0.1, -0.05) is 65.7 Å². The molecule has 0 bridgehead atoms. The fraction of sp³-hybridized carbons (Fsp3) is 0.242. The zero-order valence-corrected chi connectivity index (χ0v) is 25.7. The predicted octanol–water partition coefficient (Wildman–Crippen LogP) is 8.10. The summed E-state index contributed by atoms with van der Waals surface area (Å²) in [7, 11) is 0. The molecule has 2 amide bonds. The van der Waals surface area contributed by atoms with Gasteiger partial charge in [-0.2, -0.15) is 5.10 Å². The Balaban J connectivity index is 1.68. The predicted molar refractivity (Wildman–Crippen MR) is 167 cm³/mol. The number of hydrogen-bond acceptors (Lipinski definition) is 4. The maximum atomic E-state index is 13.9. The van der Waals surface area contributed by atoms with E-state index in [-0.39, 0.29) is 30.6 Å². The number of hydrogen-bond donors (Lipinski definition) is 1. The van der Waals surface area contributed by atoms with Gasteiger partial charge >= 0.3 is 6.09 Å². The highest BCUT2D eigenvalue weighted by molar-refractivity contribution is 6.35. The van der Waals surface area contributed by atoms with E-state index >= 15 is 0 Å². The number of fused-ring (bicyclic) bond motifs is 1. The molecule has 1 atom stereocenters. The second kappa shape index (κ2) is 12.2. The van der Waals surface area contributed by atoms with Crippen LogP contribution in [0, 0.1) is 5.82 Å². The highest BCUT2D eigenvalue weighted by Crippen LogP contribution is 2.36. The van der Waals surface area contributed by atoms with Crippen LogP contribution in [0.3, 0.4) is 0 Å². The van der Waals surface area contributed by atoms with Crippen molar-refractivity contribution in [1.29, 1.82) is 0 Å². The first-order valence-corrected chi connectivity index (χ1v) is 14.5. The number of carbonyl (C=O) groups is 2. The summed E-state index contributed by atoms with van der Waals surface area (Å²) in [6.07, 6.45) is 1.30. The Morgan fingerprint density at radius 1 is 1.02 bits per heavy atom. The van der Waals surface area contributed by atoms with Gasteiger partial charge in [0.2, 0.25) is 0 Å². The summed E-state index contributed by atoms with van der Waals surface area (Å²) in [4.78, 5) is 28.7. The number of rotatable bonds is 5. The van der Waals surface area contributed by atoms with Gasteiger partial charge in [-0.15, -0.1) is 0 Å². The van der Waals surface area contributed by atoms with Crippen molar-refractivity contribution in [3.8, 4) is 5.69 Å². The first kappa shape index (κ1) is 30.3. The molecule has 7 nitrogen and oxygen atoms in total. The van der Waals surface area contributed by atoms with Crippen LogP contribution in [-0.4, -0.2) is 38.8 Å². The minimum absolute atomic E-state index is 0.0681. The Morgan fingerprint density at radius 3 is 2.37 bits per heavy atom. The third-order valence-electron chi connectivity index (χ3n) is 6.86. The molecule has 1 N–H and O–H groups in total. The molecule has 1 aliphatic rings. The number of aromatic nitrogens is 2. The monoisotopic (exact) mass is 620 g/mol. The lowest BCUT2D eigenvalue weighted by molar-refractivity contribution is 0.0254. The standard InChI is InChI=1S/C33H31Cl2FN4O3/c1-20(22-8-6-5-7-9-22)37-31(41)29-26-19-39(32(42)43-33(2,3)4)18-23(16-21-10-13-25(36)14-11-21)30(26)40(38-29)28-15-12-24(34)17-27(28)35/h5-17,20H,18-19H2,1-4H3,(H,37,41)/b23-16+. The van der Waals surface area contributed by atoms with Gasteiger partial charge in [0, 0.05) is 10.6 Å². The lowest BCUT2D eigenvalue weighted by atomic mass is 9.97. The lowest BCUT2D eigenvalue weighted by Crippen LogP contribution is -2.40. The SMILES string of the molecule is CC(NC(=O)c1nn(-c2ccc(Cl)cc2Cl)c2c1CN(C(=O)OC(C)(C)C)C/C2=C\c1ccc(F)cc1)c1ccccc1. The van der Waals surface area contributed by atoms with Crippen molar-refractivity contribution in [2.24, 2.45) is 0 Å². The highest BCUT2D eigenvalue weighted by atomic mass is 35.5. The molecule has 0 aliphatic carbocycles. The maximum Gasteiger partial charge on any atom is 0.410 e. The molecule has 1 unspecified atom stereocenters. The minimum atomic E-state index is -0.732. The summed E-state index contributed by atoms with van der Waals surface area (Å²) in [5.74, 6) is -0.782. The number of amides is 2. The van der Waals surface area contributed by atoms with Crippen LogP contribution in [0.5, 0.6) is 0 Å². The second-order valence-electron chi connectivity index (χ2n) is 11.3. The molecular formula is C33H31Cl2FN4O3. The van der Waals surface area contributed by atoms with Crippen LogP contribution in [0.2, 0.25) is 10.0 Å². The topological polar surface area (TPSA) is 76.5 Å². The van der Waals surface area contributed by atoms with Crippen LogP contribution >= 0.6 is 23.2 Å². The van der Waals surface area contributed by atoms with Crippen LogP contribution in [0.4, 0.5) is 9.18 Å². The van der Waals surface area contributed by atoms with Crippen LogP contribution < -0.4 is 5.32 Å². The van der Waals surface area contributed by atoms with Gasteiger partial charge in [-0.25, -0.2) is 13.9 Å². The average molecular weight is 622 g/mol. The summed E-state index contributed by atoms with van der Waals surface area (Å²) < 4.78 is 21.0. The molecule has 1 aliphatic heterocycles. The molecule has 0 fully saturated rings. The van der Waals surface area contributed by atoms with Crippen molar-refractivity contribution in [3.63, 3.8) is 0 Å². The molecule has 0 spiro atoms. The van der Waals surface area contributed by atoms with Gasteiger partial charge in [0.15, 0.2) is 5.69 Å². The molecule has 43 heavy (non-hydrogen) atoms. The molecule has 4 aromatic rings. The fourth-order valence-corrected chi connectivity index (χ4v) is 5.38. The first-order valence-electron chi connectivity index (χ1n) is 13.8. The summed E-state index contributed by atoms with van der Waals surface area (Å²) >= 11 is 12.8. The van der Waals surface area contributed by atoms with Gasteiger partial charge in [0.1, 0.15) is 11.4 Å². The number of halogens is 3. The van der Waals surface area contributed by atoms with E-state index in [0.717, 1.165) is 5.56 Å². The zero-order chi connectivity index (χ0) is 30.9. The van der Waals surface area contributed by atoms with Crippen molar-refractivity contribution >= 4 is 46.9 Å². The van der Waals surface area contributed by atoms with E-state index in [1.165, 1.54) is 17.0 Å². The maximum absolute atomic E-state index is 13.9.